The summed E-state index contributed by atoms with van der Waals surface area (Å²) in [5.74, 6) is 0.233. The van der Waals surface area contributed by atoms with Gasteiger partial charge in [-0.3, -0.25) is 4.79 Å². The molecule has 1 saturated heterocycles. The molecule has 18 heavy (non-hydrogen) atoms. The van der Waals surface area contributed by atoms with Gasteiger partial charge in [-0.25, -0.2) is 0 Å². The van der Waals surface area contributed by atoms with E-state index in [0.29, 0.717) is 0 Å². The van der Waals surface area contributed by atoms with E-state index >= 15 is 0 Å². The molecule has 3 nitrogen and oxygen atoms in total. The van der Waals surface area contributed by atoms with Gasteiger partial charge in [-0.05, 0) is 38.9 Å². The number of ketones is 1. The van der Waals surface area contributed by atoms with E-state index in [1.165, 1.54) is 5.56 Å². The van der Waals surface area contributed by atoms with Gasteiger partial charge in [0, 0.05) is 25.2 Å². The Kier molecular flexibility index (Phi) is 3.83. The first-order chi connectivity index (χ1) is 8.49. The summed E-state index contributed by atoms with van der Waals surface area (Å²) >= 11 is 0. The molecule has 2 rings (SSSR count). The Bertz CT molecular complexity index is 445. The largest absolute Gasteiger partial charge is 0.305 e. The van der Waals surface area contributed by atoms with E-state index in [9.17, 15) is 4.79 Å². The summed E-state index contributed by atoms with van der Waals surface area (Å²) in [4.78, 5) is 14.8. The Balaban J connectivity index is 2.28. The van der Waals surface area contributed by atoms with Crippen molar-refractivity contribution in [3.63, 3.8) is 0 Å². The Labute approximate surface area is 109 Å². The summed E-state index contributed by atoms with van der Waals surface area (Å²) in [6.45, 7) is 8.82. The fourth-order valence-electron chi connectivity index (χ4n) is 2.82. The molecule has 1 N–H and O–H groups in total. The molecule has 98 valence electrons. The van der Waals surface area contributed by atoms with Crippen molar-refractivity contribution in [2.24, 2.45) is 0 Å². The topological polar surface area (TPSA) is 32.3 Å². The van der Waals surface area contributed by atoms with Gasteiger partial charge in [0.05, 0.1) is 6.04 Å². The van der Waals surface area contributed by atoms with Crippen molar-refractivity contribution in [2.45, 2.75) is 26.8 Å². The molecule has 0 radical (unpaired) electrons. The average Bonchev–Trinajstić information content (AvgIpc) is 2.27. The average molecular weight is 246 g/mol. The molecule has 3 heteroatoms. The number of rotatable bonds is 2. The van der Waals surface area contributed by atoms with Crippen molar-refractivity contribution in [2.75, 3.05) is 26.7 Å². The number of Topliss-reactive ketones (excluding diaryl/α,β-unsaturated/α-hetero) is 1. The molecule has 1 unspecified atom stereocenters. The van der Waals surface area contributed by atoms with Crippen LogP contribution in [0.1, 0.15) is 27.0 Å². The second kappa shape index (κ2) is 5.21. The van der Waals surface area contributed by atoms with E-state index in [1.807, 2.05) is 13.8 Å². The highest BCUT2D eigenvalue weighted by atomic mass is 16.1. The molecule has 1 fully saturated rings. The zero-order valence-corrected chi connectivity index (χ0v) is 11.7. The third-order valence-corrected chi connectivity index (χ3v) is 3.62. The third kappa shape index (κ3) is 2.62. The van der Waals surface area contributed by atoms with Gasteiger partial charge in [-0.2, -0.15) is 0 Å². The van der Waals surface area contributed by atoms with Crippen LogP contribution in [0.5, 0.6) is 0 Å². The number of aryl methyl sites for hydroxylation is 3. The summed E-state index contributed by atoms with van der Waals surface area (Å²) in [5.41, 5.74) is 4.30. The van der Waals surface area contributed by atoms with Crippen LogP contribution >= 0.6 is 0 Å². The van der Waals surface area contributed by atoms with Gasteiger partial charge in [-0.15, -0.1) is 0 Å². The fourth-order valence-corrected chi connectivity index (χ4v) is 2.82. The normalized spacial score (nSPS) is 21.0. The summed E-state index contributed by atoms with van der Waals surface area (Å²) < 4.78 is 0. The van der Waals surface area contributed by atoms with Gasteiger partial charge < -0.3 is 10.2 Å². The molecule has 0 amide bonds. The van der Waals surface area contributed by atoms with Crippen LogP contribution in [0.4, 0.5) is 0 Å². The quantitative estimate of drug-likeness (QED) is 0.806. The second-order valence-corrected chi connectivity index (χ2v) is 5.41. The number of likely N-dealkylation sites (N-methyl/N-ethyl adjacent to an activating group) is 1. The number of hydrogen-bond donors (Lipinski definition) is 1. The molecule has 1 aromatic rings. The summed E-state index contributed by atoms with van der Waals surface area (Å²) in [6, 6.07) is 4.11. The fraction of sp³-hybridized carbons (Fsp3) is 0.533. The standard InChI is InChI=1S/C15H22N2O/c1-10-7-11(2)14(12(3)8-10)15(18)13-9-17(4)6-5-16-13/h7-8,13,16H,5-6,9H2,1-4H3. The summed E-state index contributed by atoms with van der Waals surface area (Å²) in [5, 5.41) is 3.33. The van der Waals surface area contributed by atoms with Gasteiger partial charge in [0.2, 0.25) is 0 Å². The molecule has 1 aromatic carbocycles. The lowest BCUT2D eigenvalue weighted by atomic mass is 9.92. The van der Waals surface area contributed by atoms with Crippen LogP contribution in [0.25, 0.3) is 0 Å². The monoisotopic (exact) mass is 246 g/mol. The van der Waals surface area contributed by atoms with E-state index in [1.54, 1.807) is 0 Å². The maximum absolute atomic E-state index is 12.6. The smallest absolute Gasteiger partial charge is 0.181 e. The first-order valence-electron chi connectivity index (χ1n) is 6.53. The number of carbonyl (C=O) groups is 1. The van der Waals surface area contributed by atoms with Gasteiger partial charge in [0.25, 0.3) is 0 Å². The first kappa shape index (κ1) is 13.2. The Hall–Kier alpha value is -1.19. The van der Waals surface area contributed by atoms with Crippen molar-refractivity contribution in [1.82, 2.24) is 10.2 Å². The highest BCUT2D eigenvalue weighted by Crippen LogP contribution is 2.19. The maximum Gasteiger partial charge on any atom is 0.181 e. The predicted octanol–water partition coefficient (Wildman–Crippen LogP) is 1.70. The van der Waals surface area contributed by atoms with Gasteiger partial charge >= 0.3 is 0 Å². The Morgan fingerprint density at radius 1 is 1.28 bits per heavy atom. The van der Waals surface area contributed by atoms with E-state index in [0.717, 1.165) is 36.3 Å². The molecular formula is C15H22N2O. The minimum absolute atomic E-state index is 0.0659. The van der Waals surface area contributed by atoms with Gasteiger partial charge in [-0.1, -0.05) is 17.7 Å². The Morgan fingerprint density at radius 3 is 2.44 bits per heavy atom. The molecule has 0 aliphatic carbocycles. The molecule has 0 saturated carbocycles. The number of benzene rings is 1. The van der Waals surface area contributed by atoms with E-state index in [-0.39, 0.29) is 11.8 Å². The molecule has 0 aromatic heterocycles. The van der Waals surface area contributed by atoms with Crippen LogP contribution in [0, 0.1) is 20.8 Å². The molecule has 0 bridgehead atoms. The molecule has 1 aliphatic rings. The molecule has 1 atom stereocenters. The molecule has 1 heterocycles. The molecule has 0 spiro atoms. The summed E-state index contributed by atoms with van der Waals surface area (Å²) in [6.07, 6.45) is 0. The zero-order valence-electron chi connectivity index (χ0n) is 11.7. The molecular weight excluding hydrogens is 224 g/mol. The highest BCUT2D eigenvalue weighted by Gasteiger charge is 2.26. The second-order valence-electron chi connectivity index (χ2n) is 5.41. The van der Waals surface area contributed by atoms with Crippen LogP contribution in [-0.2, 0) is 0 Å². The SMILES string of the molecule is Cc1cc(C)c(C(=O)C2CN(C)CCN2)c(C)c1. The lowest BCUT2D eigenvalue weighted by molar-refractivity contribution is 0.0893. The van der Waals surface area contributed by atoms with Crippen molar-refractivity contribution < 1.29 is 4.79 Å². The van der Waals surface area contributed by atoms with Gasteiger partial charge in [0.1, 0.15) is 0 Å². The van der Waals surface area contributed by atoms with Crippen LogP contribution in [0.15, 0.2) is 12.1 Å². The van der Waals surface area contributed by atoms with Crippen molar-refractivity contribution in [3.8, 4) is 0 Å². The third-order valence-electron chi connectivity index (χ3n) is 3.62. The van der Waals surface area contributed by atoms with Crippen LogP contribution < -0.4 is 5.32 Å². The molecule has 1 aliphatic heterocycles. The van der Waals surface area contributed by atoms with E-state index in [2.05, 4.69) is 36.3 Å². The number of piperazine rings is 1. The zero-order chi connectivity index (χ0) is 13.3. The van der Waals surface area contributed by atoms with Crippen LogP contribution in [-0.4, -0.2) is 43.4 Å². The van der Waals surface area contributed by atoms with E-state index in [4.69, 9.17) is 0 Å². The maximum atomic E-state index is 12.6. The van der Waals surface area contributed by atoms with Crippen molar-refractivity contribution in [1.29, 1.82) is 0 Å². The minimum Gasteiger partial charge on any atom is -0.305 e. The minimum atomic E-state index is -0.0659. The lowest BCUT2D eigenvalue weighted by Crippen LogP contribution is -2.53. The predicted molar refractivity (Wildman–Crippen MR) is 74.3 cm³/mol. The van der Waals surface area contributed by atoms with Crippen molar-refractivity contribution in [3.05, 3.63) is 34.4 Å². The number of carbonyl (C=O) groups excluding carboxylic acids is 1. The van der Waals surface area contributed by atoms with Gasteiger partial charge in [0.15, 0.2) is 5.78 Å². The van der Waals surface area contributed by atoms with E-state index < -0.39 is 0 Å². The lowest BCUT2D eigenvalue weighted by Gasteiger charge is -2.30. The number of nitrogens with one attached hydrogen (secondary N) is 1. The summed E-state index contributed by atoms with van der Waals surface area (Å²) in [7, 11) is 2.07. The highest BCUT2D eigenvalue weighted by molar-refractivity contribution is 6.02. The number of nitrogens with zero attached hydrogens (tertiary/aromatic N) is 1. The van der Waals surface area contributed by atoms with Crippen LogP contribution in [0.2, 0.25) is 0 Å². The first-order valence-corrected chi connectivity index (χ1v) is 6.53. The Morgan fingerprint density at radius 2 is 1.89 bits per heavy atom. The van der Waals surface area contributed by atoms with Crippen molar-refractivity contribution >= 4 is 5.78 Å². The van der Waals surface area contributed by atoms with Crippen LogP contribution in [0.3, 0.4) is 0 Å². The number of hydrogen-bond acceptors (Lipinski definition) is 3.